The minimum atomic E-state index is -3.89. The first-order valence-corrected chi connectivity index (χ1v) is 18.5. The van der Waals surface area contributed by atoms with Crippen LogP contribution in [0.4, 0.5) is 4.79 Å². The standard InChI is InChI=1S/C37H54N6O7S/c1-12-17-25(29(44)32(46)38-20-13-2)40-31(45)28-27-24(37(27,9)10)22-43(28)33(47)30(36(6,7)8)41-34(48)39-21-26(35(3,4)5)42(11)51(49,50)23-18-15-14-16-19-23/h1,13-16,18-19,24-28,30H,2,17,20-22H2,3-11H3,(H,38,46)(H,40,45)(H2,39,41,48)/t24-,25?,26+,27-,28-,30+/m0/s1. The number of Topliss-reactive ketones (excluding diaryl/α,β-unsaturated/α-hetero) is 1. The summed E-state index contributed by atoms with van der Waals surface area (Å²) in [6.07, 6.45) is 6.66. The summed E-state index contributed by atoms with van der Waals surface area (Å²) < 4.78 is 28.1. The minimum absolute atomic E-state index is 0.000959. The van der Waals surface area contributed by atoms with Crippen LogP contribution in [0.15, 0.2) is 47.9 Å². The zero-order valence-corrected chi connectivity index (χ0v) is 32.0. The third kappa shape index (κ3) is 9.18. The van der Waals surface area contributed by atoms with Gasteiger partial charge in [0.1, 0.15) is 18.1 Å². The predicted molar refractivity (Wildman–Crippen MR) is 194 cm³/mol. The number of benzene rings is 1. The fourth-order valence-electron chi connectivity index (χ4n) is 6.90. The molecule has 5 amide bonds. The van der Waals surface area contributed by atoms with Crippen LogP contribution >= 0.6 is 0 Å². The summed E-state index contributed by atoms with van der Waals surface area (Å²) >= 11 is 0. The van der Waals surface area contributed by atoms with E-state index in [1.54, 1.807) is 39.0 Å². The number of ketones is 1. The van der Waals surface area contributed by atoms with E-state index in [1.807, 2.05) is 34.6 Å². The first kappa shape index (κ1) is 41.2. The van der Waals surface area contributed by atoms with Crippen molar-refractivity contribution in [2.45, 2.75) is 90.9 Å². The van der Waals surface area contributed by atoms with Crippen LogP contribution in [0.25, 0.3) is 0 Å². The van der Waals surface area contributed by atoms with Crippen molar-refractivity contribution in [3.05, 3.63) is 43.0 Å². The van der Waals surface area contributed by atoms with E-state index in [4.69, 9.17) is 6.42 Å². The van der Waals surface area contributed by atoms with Gasteiger partial charge in [0, 0.05) is 39.1 Å². The molecule has 1 heterocycles. The Morgan fingerprint density at radius 2 is 1.65 bits per heavy atom. The number of carbonyl (C=O) groups is 5. The highest BCUT2D eigenvalue weighted by Gasteiger charge is 2.70. The van der Waals surface area contributed by atoms with Crippen molar-refractivity contribution in [1.29, 1.82) is 0 Å². The molecule has 51 heavy (non-hydrogen) atoms. The molecule has 14 heteroatoms. The lowest BCUT2D eigenvalue weighted by atomic mass is 9.85. The van der Waals surface area contributed by atoms with Gasteiger partial charge in [-0.2, -0.15) is 4.31 Å². The van der Waals surface area contributed by atoms with Gasteiger partial charge < -0.3 is 26.2 Å². The van der Waals surface area contributed by atoms with Gasteiger partial charge in [0.2, 0.25) is 27.6 Å². The van der Waals surface area contributed by atoms with Gasteiger partial charge in [-0.1, -0.05) is 79.7 Å². The molecule has 0 radical (unpaired) electrons. The lowest BCUT2D eigenvalue weighted by Crippen LogP contribution is -2.62. The zero-order chi connectivity index (χ0) is 38.7. The van der Waals surface area contributed by atoms with Gasteiger partial charge in [-0.3, -0.25) is 19.2 Å². The topological polar surface area (TPSA) is 174 Å². The monoisotopic (exact) mass is 726 g/mol. The highest BCUT2D eigenvalue weighted by atomic mass is 32.2. The first-order chi connectivity index (χ1) is 23.5. The molecule has 1 saturated heterocycles. The Morgan fingerprint density at radius 3 is 2.18 bits per heavy atom. The molecule has 13 nitrogen and oxygen atoms in total. The van der Waals surface area contributed by atoms with Crippen LogP contribution in [0.5, 0.6) is 0 Å². The van der Waals surface area contributed by atoms with Crippen molar-refractivity contribution < 1.29 is 32.4 Å². The van der Waals surface area contributed by atoms with Gasteiger partial charge in [0.05, 0.1) is 4.90 Å². The molecule has 280 valence electrons. The van der Waals surface area contributed by atoms with Crippen LogP contribution in [0.1, 0.15) is 61.8 Å². The summed E-state index contributed by atoms with van der Waals surface area (Å²) in [4.78, 5) is 68.6. The zero-order valence-electron chi connectivity index (χ0n) is 31.2. The number of carbonyl (C=O) groups excluding carboxylic acids is 5. The molecule has 2 fully saturated rings. The van der Waals surface area contributed by atoms with Crippen molar-refractivity contribution >= 4 is 39.6 Å². The Hall–Kier alpha value is -4.22. The number of likely N-dealkylation sites (tertiary alicyclic amines) is 1. The van der Waals surface area contributed by atoms with Crippen molar-refractivity contribution in [3.8, 4) is 12.3 Å². The SMILES string of the molecule is C#CCC(NC(=O)[C@@H]1[C@@H]2[C@H](CN1C(=O)[C@@H](NC(=O)NC[C@@H](N(C)S(=O)(=O)c1ccccc1)C(C)(C)C)C(C)(C)C)C2(C)C)C(=O)C(=O)NCC=C. The van der Waals surface area contributed by atoms with E-state index in [2.05, 4.69) is 33.8 Å². The molecule has 1 aromatic carbocycles. The van der Waals surface area contributed by atoms with E-state index in [9.17, 15) is 32.4 Å². The molecule has 0 aromatic heterocycles. The molecule has 2 aliphatic rings. The molecule has 1 aliphatic heterocycles. The highest BCUT2D eigenvalue weighted by Crippen LogP contribution is 2.65. The lowest BCUT2D eigenvalue weighted by molar-refractivity contribution is -0.145. The second kappa shape index (κ2) is 15.6. The van der Waals surface area contributed by atoms with Crippen molar-refractivity contribution in [3.63, 3.8) is 0 Å². The van der Waals surface area contributed by atoms with Gasteiger partial charge in [-0.25, -0.2) is 13.2 Å². The molecule has 1 saturated carbocycles. The summed E-state index contributed by atoms with van der Waals surface area (Å²) in [5.41, 5.74) is -1.65. The summed E-state index contributed by atoms with van der Waals surface area (Å²) in [5, 5.41) is 10.6. The number of rotatable bonds is 14. The number of sulfonamides is 1. The maximum absolute atomic E-state index is 14.3. The highest BCUT2D eigenvalue weighted by molar-refractivity contribution is 7.89. The largest absolute Gasteiger partial charge is 0.346 e. The molecule has 1 aromatic rings. The number of amides is 5. The lowest BCUT2D eigenvalue weighted by Gasteiger charge is -2.39. The summed E-state index contributed by atoms with van der Waals surface area (Å²) in [7, 11) is -2.41. The predicted octanol–water partition coefficient (Wildman–Crippen LogP) is 2.30. The number of likely N-dealkylation sites (N-methyl/N-ethyl adjacent to an activating group) is 1. The molecule has 0 spiro atoms. The number of piperidine rings is 1. The van der Waals surface area contributed by atoms with Gasteiger partial charge in [0.25, 0.3) is 5.91 Å². The molecular weight excluding hydrogens is 673 g/mol. The van der Waals surface area contributed by atoms with E-state index < -0.39 is 74.6 Å². The van der Waals surface area contributed by atoms with Crippen LogP contribution in [0.2, 0.25) is 0 Å². The number of hydrogen-bond acceptors (Lipinski definition) is 7. The first-order valence-electron chi connectivity index (χ1n) is 17.1. The van der Waals surface area contributed by atoms with Gasteiger partial charge >= 0.3 is 6.03 Å². The van der Waals surface area contributed by atoms with Gasteiger partial charge in [-0.05, 0) is 40.2 Å². The smallest absolute Gasteiger partial charge is 0.315 e. The second-order valence-electron chi connectivity index (χ2n) is 16.1. The van der Waals surface area contributed by atoms with Crippen LogP contribution < -0.4 is 21.3 Å². The number of terminal acetylenes is 1. The van der Waals surface area contributed by atoms with Crippen LogP contribution in [-0.4, -0.2) is 98.0 Å². The van der Waals surface area contributed by atoms with Crippen LogP contribution in [-0.2, 0) is 29.2 Å². The number of fused-ring (bicyclic) bond motifs is 1. The Morgan fingerprint density at radius 1 is 1.04 bits per heavy atom. The summed E-state index contributed by atoms with van der Waals surface area (Å²) in [5.74, 6) is -0.813. The Balaban J connectivity index is 1.81. The Bertz CT molecular complexity index is 1660. The molecule has 0 bridgehead atoms. The summed E-state index contributed by atoms with van der Waals surface area (Å²) in [6, 6.07) is 3.33. The van der Waals surface area contributed by atoms with E-state index in [1.165, 1.54) is 34.5 Å². The van der Waals surface area contributed by atoms with E-state index >= 15 is 0 Å². The average Bonchev–Trinajstić information content (AvgIpc) is 3.35. The minimum Gasteiger partial charge on any atom is -0.346 e. The van der Waals surface area contributed by atoms with Crippen LogP contribution in [0, 0.1) is 40.4 Å². The van der Waals surface area contributed by atoms with Crippen molar-refractivity contribution in [2.75, 3.05) is 26.7 Å². The number of nitrogens with one attached hydrogen (secondary N) is 4. The molecular formula is C37H54N6O7S. The average molecular weight is 727 g/mol. The van der Waals surface area contributed by atoms with Crippen molar-refractivity contribution in [1.82, 2.24) is 30.5 Å². The van der Waals surface area contributed by atoms with Gasteiger partial charge in [-0.15, -0.1) is 18.9 Å². The summed E-state index contributed by atoms with van der Waals surface area (Å²) in [6.45, 7) is 18.7. The maximum Gasteiger partial charge on any atom is 0.315 e. The third-order valence-electron chi connectivity index (χ3n) is 10.0. The molecule has 4 N–H and O–H groups in total. The number of nitrogens with zero attached hydrogens (tertiary/aromatic N) is 2. The molecule has 1 aliphatic carbocycles. The number of hydrogen-bond donors (Lipinski definition) is 4. The van der Waals surface area contributed by atoms with E-state index in [0.29, 0.717) is 0 Å². The fraction of sp³-hybridized carbons (Fsp3) is 0.595. The second-order valence-corrected chi connectivity index (χ2v) is 18.1. The molecule has 6 atom stereocenters. The Kier molecular flexibility index (Phi) is 12.6. The normalized spacial score (nSPS) is 21.3. The fourth-order valence-corrected chi connectivity index (χ4v) is 8.46. The van der Waals surface area contributed by atoms with Crippen molar-refractivity contribution in [2.24, 2.45) is 28.1 Å². The third-order valence-corrected chi connectivity index (χ3v) is 11.9. The van der Waals surface area contributed by atoms with Crippen LogP contribution in [0.3, 0.4) is 0 Å². The molecule has 3 rings (SSSR count). The quantitative estimate of drug-likeness (QED) is 0.129. The van der Waals surface area contributed by atoms with E-state index in [-0.39, 0.29) is 48.2 Å². The van der Waals surface area contributed by atoms with Gasteiger partial charge in [0.15, 0.2) is 0 Å². The Labute approximate surface area is 302 Å². The maximum atomic E-state index is 14.3. The van der Waals surface area contributed by atoms with E-state index in [0.717, 1.165) is 0 Å². The number of urea groups is 1. The molecule has 1 unspecified atom stereocenters.